The number of nitrogens with zero attached hydrogens (tertiary/aromatic N) is 3. The van der Waals surface area contributed by atoms with E-state index < -0.39 is 0 Å². The van der Waals surface area contributed by atoms with E-state index in [1.54, 1.807) is 44.3 Å². The maximum absolute atomic E-state index is 9.73. The molecule has 0 unspecified atom stereocenters. The molecule has 152 valence electrons. The average Bonchev–Trinajstić information content (AvgIpc) is 3.59. The topological polar surface area (TPSA) is 93.1 Å². The Labute approximate surface area is 179 Å². The smallest absolute Gasteiger partial charge is 0.134 e. The first-order valence-electron chi connectivity index (χ1n) is 9.45. The molecule has 2 aromatic carbocycles. The van der Waals surface area contributed by atoms with Gasteiger partial charge in [0.05, 0.1) is 19.4 Å². The number of methoxy groups -OCH3 is 1. The van der Waals surface area contributed by atoms with Crippen LogP contribution in [0.3, 0.4) is 0 Å². The van der Waals surface area contributed by atoms with Crippen LogP contribution in [0, 0.1) is 0 Å². The van der Waals surface area contributed by atoms with Crippen molar-refractivity contribution in [1.82, 2.24) is 4.98 Å². The molecule has 3 N–H and O–H groups in total. The Morgan fingerprint density at radius 1 is 1.20 bits per heavy atom. The third-order valence-electron chi connectivity index (χ3n) is 4.76. The van der Waals surface area contributed by atoms with Crippen LogP contribution >= 0.6 is 11.8 Å². The third kappa shape index (κ3) is 4.16. The monoisotopic (exact) mass is 418 g/mol. The molecule has 0 spiro atoms. The lowest BCUT2D eigenvalue weighted by atomic mass is 9.95. The number of anilines is 1. The first kappa shape index (κ1) is 20.0. The zero-order valence-electron chi connectivity index (χ0n) is 16.8. The highest BCUT2D eigenvalue weighted by Gasteiger charge is 2.27. The fourth-order valence-corrected chi connectivity index (χ4v) is 4.28. The van der Waals surface area contributed by atoms with E-state index in [4.69, 9.17) is 15.5 Å². The first-order chi connectivity index (χ1) is 14.6. The Hall–Kier alpha value is -3.32. The number of benzene rings is 2. The number of phenolic OH excluding ortho intramolecular Hbond substituents is 1. The number of thioether (sulfide) groups is 1. The molecular weight excluding hydrogens is 396 g/mol. The van der Waals surface area contributed by atoms with E-state index in [1.165, 1.54) is 0 Å². The average molecular weight is 419 g/mol. The summed E-state index contributed by atoms with van der Waals surface area (Å²) in [6.07, 6.45) is 1.73. The first-order valence-corrected chi connectivity index (χ1v) is 10.4. The number of aromatic nitrogens is 1. The van der Waals surface area contributed by atoms with Gasteiger partial charge in [-0.25, -0.2) is 4.98 Å². The summed E-state index contributed by atoms with van der Waals surface area (Å²) in [6.45, 7) is 0.687. The highest BCUT2D eigenvalue weighted by molar-refractivity contribution is 7.98. The van der Waals surface area contributed by atoms with Crippen molar-refractivity contribution in [3.05, 3.63) is 65.2 Å². The fourth-order valence-electron chi connectivity index (χ4n) is 3.27. The third-order valence-corrected chi connectivity index (χ3v) is 5.81. The van der Waals surface area contributed by atoms with Crippen LogP contribution in [-0.2, 0) is 5.75 Å². The zero-order valence-corrected chi connectivity index (χ0v) is 17.6. The molecule has 0 bridgehead atoms. The van der Waals surface area contributed by atoms with Crippen LogP contribution in [0.2, 0.25) is 0 Å². The molecule has 3 aromatic rings. The van der Waals surface area contributed by atoms with Gasteiger partial charge in [-0.15, -0.1) is 11.8 Å². The van der Waals surface area contributed by atoms with Gasteiger partial charge in [0.1, 0.15) is 22.3 Å². The van der Waals surface area contributed by atoms with E-state index in [2.05, 4.69) is 16.1 Å². The van der Waals surface area contributed by atoms with Gasteiger partial charge in [-0.2, -0.15) is 0 Å². The van der Waals surface area contributed by atoms with Crippen LogP contribution in [0.4, 0.5) is 5.82 Å². The SMILES string of the molecule is CN=Cc1c(N)nc(SCc2cccc(OC)c2)c(C2=NC2)c1-c1ccc(O)cc1. The standard InChI is InChI=1S/C23H22N4O2S/c1-25-11-18-20(15-6-8-16(28)9-7-15)21(19-12-26-19)23(27-22(18)24)30-13-14-4-3-5-17(10-14)29-2/h3-11,28H,12-13H2,1-2H3,(H2,24,27). The molecule has 4 rings (SSSR count). The van der Waals surface area contributed by atoms with Gasteiger partial charge in [-0.05, 0) is 35.4 Å². The van der Waals surface area contributed by atoms with E-state index in [1.807, 2.05) is 30.3 Å². The molecule has 0 amide bonds. The maximum Gasteiger partial charge on any atom is 0.134 e. The van der Waals surface area contributed by atoms with Gasteiger partial charge in [0.15, 0.2) is 0 Å². The van der Waals surface area contributed by atoms with E-state index >= 15 is 0 Å². The fraction of sp³-hybridized carbons (Fsp3) is 0.174. The number of pyridine rings is 1. The summed E-state index contributed by atoms with van der Waals surface area (Å²) in [5.74, 6) is 2.18. The number of hydrogen-bond acceptors (Lipinski definition) is 7. The van der Waals surface area contributed by atoms with Crippen LogP contribution < -0.4 is 10.5 Å². The highest BCUT2D eigenvalue weighted by atomic mass is 32.2. The minimum atomic E-state index is 0.212. The molecule has 0 saturated heterocycles. The molecule has 1 aliphatic rings. The Kier molecular flexibility index (Phi) is 5.72. The molecule has 7 heteroatoms. The van der Waals surface area contributed by atoms with Crippen molar-refractivity contribution in [3.8, 4) is 22.6 Å². The van der Waals surface area contributed by atoms with Crippen molar-refractivity contribution >= 4 is 29.5 Å². The summed E-state index contributed by atoms with van der Waals surface area (Å²) in [7, 11) is 3.37. The second-order valence-corrected chi connectivity index (χ2v) is 7.77. The van der Waals surface area contributed by atoms with Crippen molar-refractivity contribution in [2.45, 2.75) is 10.8 Å². The molecule has 6 nitrogen and oxygen atoms in total. The zero-order chi connectivity index (χ0) is 21.1. The molecule has 0 atom stereocenters. The predicted octanol–water partition coefficient (Wildman–Crippen LogP) is 4.19. The van der Waals surface area contributed by atoms with Crippen LogP contribution in [0.1, 0.15) is 16.7 Å². The maximum atomic E-state index is 9.73. The Morgan fingerprint density at radius 2 is 1.97 bits per heavy atom. The number of ether oxygens (including phenoxy) is 1. The van der Waals surface area contributed by atoms with Crippen molar-refractivity contribution in [2.75, 3.05) is 26.4 Å². The molecular formula is C23H22N4O2S. The predicted molar refractivity (Wildman–Crippen MR) is 123 cm³/mol. The van der Waals surface area contributed by atoms with Crippen molar-refractivity contribution in [3.63, 3.8) is 0 Å². The molecule has 1 aromatic heterocycles. The van der Waals surface area contributed by atoms with Crippen LogP contribution in [0.5, 0.6) is 11.5 Å². The number of aromatic hydroxyl groups is 1. The molecule has 0 saturated carbocycles. The molecule has 0 radical (unpaired) electrons. The molecule has 0 fully saturated rings. The lowest BCUT2D eigenvalue weighted by molar-refractivity contribution is 0.414. The van der Waals surface area contributed by atoms with Gasteiger partial charge >= 0.3 is 0 Å². The van der Waals surface area contributed by atoms with E-state index in [9.17, 15) is 5.11 Å². The van der Waals surface area contributed by atoms with Gasteiger partial charge in [-0.3, -0.25) is 9.98 Å². The summed E-state index contributed by atoms with van der Waals surface area (Å²) in [6, 6.07) is 15.1. The number of hydrogen-bond donors (Lipinski definition) is 2. The molecule has 0 aliphatic carbocycles. The largest absolute Gasteiger partial charge is 0.508 e. The summed E-state index contributed by atoms with van der Waals surface area (Å²) in [5.41, 5.74) is 12.1. The Morgan fingerprint density at radius 3 is 2.63 bits per heavy atom. The van der Waals surface area contributed by atoms with Gasteiger partial charge in [0.2, 0.25) is 0 Å². The van der Waals surface area contributed by atoms with Crippen LogP contribution in [0.25, 0.3) is 11.1 Å². The lowest BCUT2D eigenvalue weighted by Crippen LogP contribution is -2.08. The minimum absolute atomic E-state index is 0.212. The van der Waals surface area contributed by atoms with Crippen LogP contribution in [-0.4, -0.2) is 42.7 Å². The van der Waals surface area contributed by atoms with Gasteiger partial charge in [-0.1, -0.05) is 24.3 Å². The van der Waals surface area contributed by atoms with Gasteiger partial charge in [0, 0.05) is 35.7 Å². The summed E-state index contributed by atoms with van der Waals surface area (Å²) in [4.78, 5) is 13.3. The molecule has 30 heavy (non-hydrogen) atoms. The van der Waals surface area contributed by atoms with E-state index in [0.29, 0.717) is 12.4 Å². The van der Waals surface area contributed by atoms with Gasteiger partial charge < -0.3 is 15.6 Å². The normalized spacial score (nSPS) is 12.8. The summed E-state index contributed by atoms with van der Waals surface area (Å²) >= 11 is 1.62. The van der Waals surface area contributed by atoms with Crippen LogP contribution in [0.15, 0.2) is 63.5 Å². The van der Waals surface area contributed by atoms with Gasteiger partial charge in [0.25, 0.3) is 0 Å². The number of nitrogen functional groups attached to an aromatic ring is 1. The molecule has 1 aliphatic heterocycles. The van der Waals surface area contributed by atoms with Crippen molar-refractivity contribution in [2.24, 2.45) is 9.98 Å². The summed E-state index contributed by atoms with van der Waals surface area (Å²) < 4.78 is 5.33. The second kappa shape index (κ2) is 8.59. The van der Waals surface area contributed by atoms with Crippen molar-refractivity contribution < 1.29 is 9.84 Å². The second-order valence-electron chi connectivity index (χ2n) is 6.80. The Bertz CT molecular complexity index is 1140. The highest BCUT2D eigenvalue weighted by Crippen LogP contribution is 2.39. The number of aliphatic imine (C=N–C) groups is 2. The number of nitrogens with two attached hydrogens (primary N) is 1. The number of phenols is 1. The van der Waals surface area contributed by atoms with E-state index in [-0.39, 0.29) is 5.75 Å². The Balaban J connectivity index is 1.81. The number of rotatable bonds is 7. The quantitative estimate of drug-likeness (QED) is 0.443. The van der Waals surface area contributed by atoms with E-state index in [0.717, 1.165) is 50.1 Å². The lowest BCUT2D eigenvalue weighted by Gasteiger charge is -2.16. The molecule has 2 heterocycles. The minimum Gasteiger partial charge on any atom is -0.508 e. The van der Waals surface area contributed by atoms with Crippen molar-refractivity contribution in [1.29, 1.82) is 0 Å². The summed E-state index contributed by atoms with van der Waals surface area (Å²) in [5, 5.41) is 10.6.